The molecule has 0 radical (unpaired) electrons. The van der Waals surface area contributed by atoms with E-state index in [2.05, 4.69) is 16.6 Å². The summed E-state index contributed by atoms with van der Waals surface area (Å²) < 4.78 is 0. The Kier molecular flexibility index (Phi) is 6.75. The quantitative estimate of drug-likeness (QED) is 0.490. The average Bonchev–Trinajstić information content (AvgIpc) is 2.24. The minimum absolute atomic E-state index is 0.441. The molecule has 0 aromatic rings. The second-order valence-electron chi connectivity index (χ2n) is 3.68. The number of nitrogens with one attached hydrogen (secondary N) is 2. The Morgan fingerprint density at radius 1 is 1.41 bits per heavy atom. The van der Waals surface area contributed by atoms with Crippen molar-refractivity contribution in [3.05, 3.63) is 0 Å². The van der Waals surface area contributed by atoms with Crippen LogP contribution in [-0.4, -0.2) is 40.4 Å². The minimum Gasteiger partial charge on any atom is -0.480 e. The molecule has 3 atom stereocenters. The summed E-state index contributed by atoms with van der Waals surface area (Å²) >= 11 is 0. The van der Waals surface area contributed by atoms with Crippen LogP contribution >= 0.6 is 0 Å². The maximum atomic E-state index is 11.4. The van der Waals surface area contributed by atoms with Crippen molar-refractivity contribution in [1.82, 2.24) is 10.6 Å². The lowest BCUT2D eigenvalue weighted by atomic mass is 10.2. The molecule has 0 aromatic heterocycles. The molecule has 6 nitrogen and oxygen atoms in total. The Labute approximate surface area is 100 Å². The highest BCUT2D eigenvalue weighted by molar-refractivity contribution is 5.83. The van der Waals surface area contributed by atoms with Crippen LogP contribution in [0.5, 0.6) is 0 Å². The molecule has 96 valence electrons. The number of amides is 2. The van der Waals surface area contributed by atoms with E-state index in [1.165, 1.54) is 6.92 Å². The van der Waals surface area contributed by atoms with Gasteiger partial charge < -0.3 is 20.8 Å². The first kappa shape index (κ1) is 15.3. The van der Waals surface area contributed by atoms with E-state index in [9.17, 15) is 9.59 Å². The molecule has 0 saturated heterocycles. The molecule has 1 unspecified atom stereocenters. The minimum atomic E-state index is -1.35. The molecule has 17 heavy (non-hydrogen) atoms. The summed E-state index contributed by atoms with van der Waals surface area (Å²) in [7, 11) is 0. The van der Waals surface area contributed by atoms with E-state index in [-0.39, 0.29) is 0 Å². The summed E-state index contributed by atoms with van der Waals surface area (Å²) in [5.41, 5.74) is 0. The number of carboxylic acids is 1. The predicted molar refractivity (Wildman–Crippen MR) is 62.3 cm³/mol. The van der Waals surface area contributed by atoms with Crippen molar-refractivity contribution >= 4 is 12.0 Å². The van der Waals surface area contributed by atoms with Crippen LogP contribution in [0.15, 0.2) is 0 Å². The van der Waals surface area contributed by atoms with Crippen molar-refractivity contribution < 1.29 is 19.8 Å². The van der Waals surface area contributed by atoms with Crippen LogP contribution in [0.2, 0.25) is 0 Å². The van der Waals surface area contributed by atoms with Crippen LogP contribution in [0.3, 0.4) is 0 Å². The number of aliphatic carboxylic acids is 1. The van der Waals surface area contributed by atoms with Gasteiger partial charge in [-0.3, -0.25) is 0 Å². The van der Waals surface area contributed by atoms with Gasteiger partial charge in [0.15, 0.2) is 6.04 Å². The molecular weight excluding hydrogens is 224 g/mol. The van der Waals surface area contributed by atoms with Crippen molar-refractivity contribution in [2.24, 2.45) is 0 Å². The Morgan fingerprint density at radius 3 is 2.35 bits per heavy atom. The Bertz CT molecular complexity index is 309. The molecule has 0 aliphatic heterocycles. The highest BCUT2D eigenvalue weighted by Gasteiger charge is 2.25. The standard InChI is InChI=1S/C11H18N2O4/c1-4-6-8(5-2)12-11(17)13-9(7(3)14)10(15)16/h2,7-9,14H,4,6H2,1,3H3,(H,15,16)(H2,12,13,17)/t7-,8?,9+/m1/s1. The molecule has 0 aliphatic carbocycles. The Hall–Kier alpha value is -1.74. The van der Waals surface area contributed by atoms with Crippen LogP contribution in [0.25, 0.3) is 0 Å². The molecule has 0 aliphatic rings. The van der Waals surface area contributed by atoms with Crippen molar-refractivity contribution in [2.45, 2.75) is 44.9 Å². The molecule has 0 fully saturated rings. The van der Waals surface area contributed by atoms with Gasteiger partial charge in [-0.2, -0.15) is 0 Å². The van der Waals surface area contributed by atoms with Crippen LogP contribution in [-0.2, 0) is 4.79 Å². The van der Waals surface area contributed by atoms with Crippen LogP contribution in [0.4, 0.5) is 4.79 Å². The number of aliphatic hydroxyl groups is 1. The third kappa shape index (κ3) is 5.78. The molecule has 6 heteroatoms. The Morgan fingerprint density at radius 2 is 2.00 bits per heavy atom. The van der Waals surface area contributed by atoms with Crippen molar-refractivity contribution in [3.63, 3.8) is 0 Å². The molecule has 0 heterocycles. The topological polar surface area (TPSA) is 98.7 Å². The van der Waals surface area contributed by atoms with Gasteiger partial charge in [-0.1, -0.05) is 19.3 Å². The zero-order chi connectivity index (χ0) is 13.4. The highest BCUT2D eigenvalue weighted by atomic mass is 16.4. The van der Waals surface area contributed by atoms with Gasteiger partial charge in [0.1, 0.15) is 0 Å². The van der Waals surface area contributed by atoms with Crippen LogP contribution < -0.4 is 10.6 Å². The zero-order valence-corrected chi connectivity index (χ0v) is 9.93. The van der Waals surface area contributed by atoms with E-state index in [4.69, 9.17) is 16.6 Å². The van der Waals surface area contributed by atoms with Gasteiger partial charge in [-0.25, -0.2) is 9.59 Å². The molecule has 0 bridgehead atoms. The maximum Gasteiger partial charge on any atom is 0.328 e. The number of hydrogen-bond donors (Lipinski definition) is 4. The molecule has 0 spiro atoms. The number of rotatable bonds is 6. The van der Waals surface area contributed by atoms with E-state index in [0.29, 0.717) is 6.42 Å². The van der Waals surface area contributed by atoms with E-state index < -0.39 is 30.2 Å². The van der Waals surface area contributed by atoms with E-state index in [1.54, 1.807) is 0 Å². The van der Waals surface area contributed by atoms with E-state index in [0.717, 1.165) is 6.42 Å². The Balaban J connectivity index is 4.33. The number of terminal acetylenes is 1. The largest absolute Gasteiger partial charge is 0.480 e. The first-order chi connectivity index (χ1) is 7.92. The summed E-state index contributed by atoms with van der Waals surface area (Å²) in [6, 6.07) is -2.49. The second kappa shape index (κ2) is 7.52. The first-order valence-electron chi connectivity index (χ1n) is 5.36. The molecule has 4 N–H and O–H groups in total. The lowest BCUT2D eigenvalue weighted by molar-refractivity contribution is -0.141. The summed E-state index contributed by atoms with van der Waals surface area (Å²) in [4.78, 5) is 22.1. The van der Waals surface area contributed by atoms with Gasteiger partial charge in [0.2, 0.25) is 0 Å². The number of carbonyl (C=O) groups excluding carboxylic acids is 1. The first-order valence-corrected chi connectivity index (χ1v) is 5.36. The lowest BCUT2D eigenvalue weighted by Crippen LogP contribution is -2.52. The smallest absolute Gasteiger partial charge is 0.328 e. The van der Waals surface area contributed by atoms with E-state index in [1.807, 2.05) is 6.92 Å². The SMILES string of the molecule is C#CC(CCC)NC(=O)N[C@H](C(=O)O)[C@@H](C)O. The number of aliphatic hydroxyl groups excluding tert-OH is 1. The lowest BCUT2D eigenvalue weighted by Gasteiger charge is -2.19. The van der Waals surface area contributed by atoms with Crippen molar-refractivity contribution in [1.29, 1.82) is 0 Å². The molecular formula is C11H18N2O4. The van der Waals surface area contributed by atoms with Gasteiger partial charge in [-0.15, -0.1) is 6.42 Å². The van der Waals surface area contributed by atoms with Gasteiger partial charge in [0.05, 0.1) is 12.1 Å². The van der Waals surface area contributed by atoms with Crippen molar-refractivity contribution in [3.8, 4) is 12.3 Å². The normalized spacial score (nSPS) is 15.2. The number of urea groups is 1. The monoisotopic (exact) mass is 242 g/mol. The van der Waals surface area contributed by atoms with Crippen LogP contribution in [0.1, 0.15) is 26.7 Å². The predicted octanol–water partition coefficient (Wildman–Crippen LogP) is -0.0785. The molecule has 0 aromatic carbocycles. The number of carboxylic acid groups (broad SMARTS) is 1. The number of carbonyl (C=O) groups is 2. The molecule has 0 rings (SSSR count). The maximum absolute atomic E-state index is 11.4. The highest BCUT2D eigenvalue weighted by Crippen LogP contribution is 1.96. The van der Waals surface area contributed by atoms with Gasteiger partial charge in [-0.05, 0) is 13.3 Å². The molecule has 0 saturated carbocycles. The third-order valence-electron chi connectivity index (χ3n) is 2.12. The van der Waals surface area contributed by atoms with Gasteiger partial charge >= 0.3 is 12.0 Å². The zero-order valence-electron chi connectivity index (χ0n) is 9.93. The van der Waals surface area contributed by atoms with Crippen molar-refractivity contribution in [2.75, 3.05) is 0 Å². The molecule has 2 amide bonds. The summed E-state index contributed by atoms with van der Waals surface area (Å²) in [6.07, 6.45) is 5.42. The fourth-order valence-electron chi connectivity index (χ4n) is 1.22. The second-order valence-corrected chi connectivity index (χ2v) is 3.68. The number of hydrogen-bond acceptors (Lipinski definition) is 3. The van der Waals surface area contributed by atoms with Gasteiger partial charge in [0.25, 0.3) is 0 Å². The summed E-state index contributed by atoms with van der Waals surface area (Å²) in [5.74, 6) is 1.08. The average molecular weight is 242 g/mol. The van der Waals surface area contributed by atoms with Crippen LogP contribution in [0, 0.1) is 12.3 Å². The summed E-state index contributed by atoms with van der Waals surface area (Å²) in [6.45, 7) is 3.20. The fraction of sp³-hybridized carbons (Fsp3) is 0.636. The van der Waals surface area contributed by atoms with E-state index >= 15 is 0 Å². The summed E-state index contributed by atoms with van der Waals surface area (Å²) in [5, 5.41) is 22.5. The fourth-order valence-corrected chi connectivity index (χ4v) is 1.22. The van der Waals surface area contributed by atoms with Gasteiger partial charge in [0, 0.05) is 0 Å². The third-order valence-corrected chi connectivity index (χ3v) is 2.12.